The zero-order chi connectivity index (χ0) is 25.2. The number of ketones is 1. The first-order valence-corrected chi connectivity index (χ1v) is 10.9. The smallest absolute Gasteiger partial charge is 0.416 e. The van der Waals surface area contributed by atoms with Gasteiger partial charge >= 0.3 is 12.1 Å². The number of para-hydroxylation sites is 1. The van der Waals surface area contributed by atoms with Crippen LogP contribution in [0.15, 0.2) is 72.8 Å². The Labute approximate surface area is 199 Å². The minimum Gasteiger partial charge on any atom is -0.497 e. The molecule has 0 spiro atoms. The lowest BCUT2D eigenvalue weighted by Crippen LogP contribution is -2.17. The fourth-order valence-electron chi connectivity index (χ4n) is 4.02. The molecule has 0 aliphatic rings. The highest BCUT2D eigenvalue weighted by atomic mass is 19.4. The van der Waals surface area contributed by atoms with Gasteiger partial charge in [0.05, 0.1) is 24.8 Å². The first kappa shape index (κ1) is 24.1. The fourth-order valence-corrected chi connectivity index (χ4v) is 4.02. The molecule has 0 amide bonds. The normalized spacial score (nSPS) is 11.5. The Morgan fingerprint density at radius 1 is 0.943 bits per heavy atom. The number of rotatable bonds is 7. The van der Waals surface area contributed by atoms with Crippen molar-refractivity contribution in [2.24, 2.45) is 0 Å². The number of aromatic nitrogens is 1. The number of alkyl halides is 3. The van der Waals surface area contributed by atoms with Crippen molar-refractivity contribution in [3.05, 3.63) is 101 Å². The number of benzene rings is 3. The number of fused-ring (bicyclic) bond motifs is 1. The van der Waals surface area contributed by atoms with Crippen molar-refractivity contribution in [2.75, 3.05) is 13.7 Å². The van der Waals surface area contributed by atoms with Gasteiger partial charge in [0.2, 0.25) is 0 Å². The zero-order valence-electron chi connectivity index (χ0n) is 19.1. The van der Waals surface area contributed by atoms with E-state index in [2.05, 4.69) is 0 Å². The minimum absolute atomic E-state index is 0.00807. The van der Waals surface area contributed by atoms with Crippen molar-refractivity contribution in [1.29, 1.82) is 0 Å². The molecule has 3 aromatic carbocycles. The van der Waals surface area contributed by atoms with Crippen LogP contribution >= 0.6 is 0 Å². The summed E-state index contributed by atoms with van der Waals surface area (Å²) in [4.78, 5) is 26.7. The number of nitrogens with zero attached hydrogens (tertiary/aromatic N) is 1. The maximum Gasteiger partial charge on any atom is 0.416 e. The van der Waals surface area contributed by atoms with Gasteiger partial charge in [0.25, 0.3) is 0 Å². The van der Waals surface area contributed by atoms with Gasteiger partial charge < -0.3 is 14.0 Å². The molecule has 5 nitrogen and oxygen atoms in total. The van der Waals surface area contributed by atoms with Crippen LogP contribution in [-0.2, 0) is 17.5 Å². The van der Waals surface area contributed by atoms with Crippen molar-refractivity contribution in [3.8, 4) is 5.75 Å². The van der Waals surface area contributed by atoms with Crippen LogP contribution in [0, 0.1) is 0 Å². The number of carbonyl (C=O) groups is 2. The molecular formula is C27H22F3NO4. The molecule has 0 aliphatic heterocycles. The van der Waals surface area contributed by atoms with Gasteiger partial charge in [-0.2, -0.15) is 13.2 Å². The Morgan fingerprint density at radius 2 is 1.66 bits per heavy atom. The van der Waals surface area contributed by atoms with Gasteiger partial charge in [0.1, 0.15) is 11.4 Å². The van der Waals surface area contributed by atoms with Crippen LogP contribution in [0.4, 0.5) is 13.2 Å². The third kappa shape index (κ3) is 4.77. The highest BCUT2D eigenvalue weighted by Gasteiger charge is 2.31. The van der Waals surface area contributed by atoms with Gasteiger partial charge in [0.15, 0.2) is 5.78 Å². The van der Waals surface area contributed by atoms with Gasteiger partial charge in [-0.1, -0.05) is 30.3 Å². The van der Waals surface area contributed by atoms with Crippen LogP contribution in [-0.4, -0.2) is 30.0 Å². The molecule has 0 aliphatic carbocycles. The average molecular weight is 481 g/mol. The molecule has 4 rings (SSSR count). The summed E-state index contributed by atoms with van der Waals surface area (Å²) in [5.74, 6) is -0.568. The summed E-state index contributed by atoms with van der Waals surface area (Å²) in [6.45, 7) is 1.65. The largest absolute Gasteiger partial charge is 0.497 e. The molecule has 8 heteroatoms. The number of carbonyl (C=O) groups excluding carboxylic acids is 2. The van der Waals surface area contributed by atoms with Crippen molar-refractivity contribution >= 4 is 22.7 Å². The van der Waals surface area contributed by atoms with E-state index in [1.807, 2.05) is 0 Å². The monoisotopic (exact) mass is 481 g/mol. The van der Waals surface area contributed by atoms with E-state index in [0.717, 1.165) is 12.1 Å². The molecular weight excluding hydrogens is 459 g/mol. The summed E-state index contributed by atoms with van der Waals surface area (Å²) < 4.78 is 51.8. The van der Waals surface area contributed by atoms with Gasteiger partial charge in [-0.3, -0.25) is 4.79 Å². The lowest BCUT2D eigenvalue weighted by atomic mass is 10.00. The lowest BCUT2D eigenvalue weighted by Gasteiger charge is -2.13. The molecule has 0 fully saturated rings. The topological polar surface area (TPSA) is 57.5 Å². The first-order chi connectivity index (χ1) is 16.7. The van der Waals surface area contributed by atoms with Crippen LogP contribution in [0.25, 0.3) is 10.9 Å². The maximum atomic E-state index is 13.6. The maximum absolute atomic E-state index is 13.6. The van der Waals surface area contributed by atoms with Crippen LogP contribution in [0.5, 0.6) is 5.75 Å². The Kier molecular flexibility index (Phi) is 6.64. The molecule has 0 N–H and O–H groups in total. The first-order valence-electron chi connectivity index (χ1n) is 10.9. The highest BCUT2D eigenvalue weighted by molar-refractivity contribution is 6.21. The SMILES string of the molecule is CCOC(=O)c1c(C(=O)c2ccc(OC)cc2)c2ccccc2n1Cc1cccc(C(F)(F)F)c1. The summed E-state index contributed by atoms with van der Waals surface area (Å²) in [6.07, 6.45) is -4.51. The molecule has 0 atom stereocenters. The second-order valence-electron chi connectivity index (χ2n) is 7.80. The van der Waals surface area contributed by atoms with Crippen molar-refractivity contribution in [3.63, 3.8) is 0 Å². The van der Waals surface area contributed by atoms with E-state index in [4.69, 9.17) is 9.47 Å². The minimum atomic E-state index is -4.51. The molecule has 0 saturated heterocycles. The van der Waals surface area contributed by atoms with E-state index in [-0.39, 0.29) is 24.4 Å². The van der Waals surface area contributed by atoms with Crippen LogP contribution < -0.4 is 4.74 Å². The number of halogens is 3. The lowest BCUT2D eigenvalue weighted by molar-refractivity contribution is -0.137. The third-order valence-electron chi connectivity index (χ3n) is 5.61. The van der Waals surface area contributed by atoms with Crippen molar-refractivity contribution in [2.45, 2.75) is 19.6 Å². The number of methoxy groups -OCH3 is 1. The number of ether oxygens (including phenoxy) is 2. The molecule has 0 unspecified atom stereocenters. The summed E-state index contributed by atoms with van der Waals surface area (Å²) in [5.41, 5.74) is 0.527. The summed E-state index contributed by atoms with van der Waals surface area (Å²) in [7, 11) is 1.51. The fraction of sp³-hybridized carbons (Fsp3) is 0.185. The van der Waals surface area contributed by atoms with E-state index >= 15 is 0 Å². The molecule has 4 aromatic rings. The van der Waals surface area contributed by atoms with E-state index < -0.39 is 23.5 Å². The molecule has 1 aromatic heterocycles. The molecule has 0 saturated carbocycles. The molecule has 0 radical (unpaired) electrons. The van der Waals surface area contributed by atoms with Gasteiger partial charge in [0, 0.05) is 23.0 Å². The zero-order valence-corrected chi connectivity index (χ0v) is 19.1. The third-order valence-corrected chi connectivity index (χ3v) is 5.61. The van der Waals surface area contributed by atoms with E-state index in [1.165, 1.54) is 13.2 Å². The molecule has 35 heavy (non-hydrogen) atoms. The Hall–Kier alpha value is -4.07. The van der Waals surface area contributed by atoms with Gasteiger partial charge in [-0.25, -0.2) is 4.79 Å². The molecule has 0 bridgehead atoms. The molecule has 180 valence electrons. The molecule has 1 heterocycles. The van der Waals surface area contributed by atoms with Gasteiger partial charge in [-0.05, 0) is 55.0 Å². The predicted molar refractivity (Wildman–Crippen MR) is 125 cm³/mol. The Morgan fingerprint density at radius 3 is 2.31 bits per heavy atom. The number of hydrogen-bond donors (Lipinski definition) is 0. The number of hydrogen-bond acceptors (Lipinski definition) is 4. The van der Waals surface area contributed by atoms with Crippen LogP contribution in [0.3, 0.4) is 0 Å². The summed E-state index contributed by atoms with van der Waals surface area (Å²) >= 11 is 0. The van der Waals surface area contributed by atoms with Crippen molar-refractivity contribution in [1.82, 2.24) is 4.57 Å². The standard InChI is InChI=1S/C27H22F3NO4/c1-3-35-26(33)24-23(25(32)18-11-13-20(34-2)14-12-18)21-9-4-5-10-22(21)31(24)16-17-7-6-8-19(15-17)27(28,29)30/h4-15H,3,16H2,1-2H3. The number of esters is 1. The van der Waals surface area contributed by atoms with E-state index in [9.17, 15) is 22.8 Å². The quantitative estimate of drug-likeness (QED) is 0.236. The highest BCUT2D eigenvalue weighted by Crippen LogP contribution is 2.33. The second kappa shape index (κ2) is 9.66. The Balaban J connectivity index is 1.91. The van der Waals surface area contributed by atoms with Crippen LogP contribution in [0.1, 0.15) is 44.5 Å². The van der Waals surface area contributed by atoms with Gasteiger partial charge in [-0.15, -0.1) is 0 Å². The van der Waals surface area contributed by atoms with Crippen molar-refractivity contribution < 1.29 is 32.2 Å². The van der Waals surface area contributed by atoms with E-state index in [0.29, 0.717) is 27.8 Å². The predicted octanol–water partition coefficient (Wildman–Crippen LogP) is 6.12. The summed E-state index contributed by atoms with van der Waals surface area (Å²) in [5, 5.41) is 0.503. The van der Waals surface area contributed by atoms with Crippen LogP contribution in [0.2, 0.25) is 0 Å². The second-order valence-corrected chi connectivity index (χ2v) is 7.80. The Bertz CT molecular complexity index is 1390. The average Bonchev–Trinajstić information content (AvgIpc) is 3.17. The van der Waals surface area contributed by atoms with E-state index in [1.54, 1.807) is 66.1 Å². The summed E-state index contributed by atoms with van der Waals surface area (Å²) in [6, 6.07) is 18.2.